The molecule has 0 rings (SSSR count). The average Bonchev–Trinajstić information content (AvgIpc) is 2.69. The maximum absolute atomic E-state index is 11.4. The van der Waals surface area contributed by atoms with E-state index in [1.54, 1.807) is 0 Å². The Labute approximate surface area is 195 Å². The van der Waals surface area contributed by atoms with Crippen molar-refractivity contribution in [2.45, 2.75) is 149 Å². The number of carboxylic acids is 1. The molecule has 0 aromatic rings. The van der Waals surface area contributed by atoms with Crippen LogP contribution in [0.2, 0.25) is 0 Å². The highest BCUT2D eigenvalue weighted by Crippen LogP contribution is 2.18. The van der Waals surface area contributed by atoms with Crippen LogP contribution in [0.5, 0.6) is 0 Å². The number of aliphatic carboxylic acids is 1. The Balaban J connectivity index is 3.89. The summed E-state index contributed by atoms with van der Waals surface area (Å²) in [7, 11) is 0. The molecule has 0 saturated heterocycles. The van der Waals surface area contributed by atoms with Gasteiger partial charge in [-0.15, -0.1) is 0 Å². The summed E-state index contributed by atoms with van der Waals surface area (Å²) in [6.07, 6.45) is 18.5. The standard InChI is InChI=1S/C26H48O6/c1-4-5-6-7-8-9-10-11-12-13-14-15-16-18-24(31-22(2)27)19-17-20-25(21-26(29)30)32-23(3)28/h24-25H,4-21H2,1-3H3,(H,29,30). The molecule has 6 nitrogen and oxygen atoms in total. The Morgan fingerprint density at radius 3 is 1.41 bits per heavy atom. The van der Waals surface area contributed by atoms with Gasteiger partial charge in [-0.1, -0.05) is 84.0 Å². The van der Waals surface area contributed by atoms with Gasteiger partial charge in [0.15, 0.2) is 0 Å². The maximum Gasteiger partial charge on any atom is 0.307 e. The Morgan fingerprint density at radius 1 is 0.594 bits per heavy atom. The van der Waals surface area contributed by atoms with Gasteiger partial charge in [0, 0.05) is 13.8 Å². The fraction of sp³-hybridized carbons (Fsp3) is 0.885. The molecule has 0 spiro atoms. The molecule has 2 unspecified atom stereocenters. The molecular formula is C26H48O6. The van der Waals surface area contributed by atoms with Gasteiger partial charge < -0.3 is 14.6 Å². The predicted molar refractivity (Wildman–Crippen MR) is 128 cm³/mol. The van der Waals surface area contributed by atoms with Gasteiger partial charge in [0.1, 0.15) is 12.2 Å². The van der Waals surface area contributed by atoms with Crippen molar-refractivity contribution in [3.63, 3.8) is 0 Å². The van der Waals surface area contributed by atoms with Crippen LogP contribution in [-0.4, -0.2) is 35.2 Å². The van der Waals surface area contributed by atoms with E-state index in [4.69, 9.17) is 14.6 Å². The van der Waals surface area contributed by atoms with Crippen molar-refractivity contribution in [2.75, 3.05) is 0 Å². The van der Waals surface area contributed by atoms with Crippen LogP contribution in [0.1, 0.15) is 136 Å². The zero-order valence-corrected chi connectivity index (χ0v) is 20.9. The molecule has 0 saturated carbocycles. The van der Waals surface area contributed by atoms with Crippen LogP contribution in [-0.2, 0) is 23.9 Å². The van der Waals surface area contributed by atoms with Crippen molar-refractivity contribution in [1.29, 1.82) is 0 Å². The van der Waals surface area contributed by atoms with E-state index in [-0.39, 0.29) is 18.5 Å². The quantitative estimate of drug-likeness (QED) is 0.140. The second kappa shape index (κ2) is 21.3. The molecule has 0 aliphatic rings. The van der Waals surface area contributed by atoms with E-state index in [1.165, 1.54) is 84.5 Å². The molecule has 188 valence electrons. The van der Waals surface area contributed by atoms with Gasteiger partial charge in [-0.05, 0) is 32.1 Å². The summed E-state index contributed by atoms with van der Waals surface area (Å²) in [5.41, 5.74) is 0. The molecule has 0 heterocycles. The van der Waals surface area contributed by atoms with Crippen LogP contribution in [0, 0.1) is 0 Å². The van der Waals surface area contributed by atoms with E-state index < -0.39 is 18.0 Å². The van der Waals surface area contributed by atoms with E-state index in [1.807, 2.05) is 0 Å². The van der Waals surface area contributed by atoms with Crippen LogP contribution >= 0.6 is 0 Å². The first-order chi connectivity index (χ1) is 15.3. The zero-order valence-electron chi connectivity index (χ0n) is 20.9. The fourth-order valence-corrected chi connectivity index (χ4v) is 4.09. The molecule has 0 aromatic heterocycles. The summed E-state index contributed by atoms with van der Waals surface area (Å²) in [6.45, 7) is 4.96. The van der Waals surface area contributed by atoms with Crippen molar-refractivity contribution in [1.82, 2.24) is 0 Å². The van der Waals surface area contributed by atoms with E-state index in [9.17, 15) is 14.4 Å². The van der Waals surface area contributed by atoms with Gasteiger partial charge >= 0.3 is 17.9 Å². The summed E-state index contributed by atoms with van der Waals surface area (Å²) in [4.78, 5) is 33.5. The predicted octanol–water partition coefficient (Wildman–Crippen LogP) is 6.98. The first-order valence-electron chi connectivity index (χ1n) is 12.9. The van der Waals surface area contributed by atoms with Crippen molar-refractivity contribution in [2.24, 2.45) is 0 Å². The highest BCUT2D eigenvalue weighted by molar-refractivity contribution is 5.69. The molecule has 0 aliphatic carbocycles. The minimum atomic E-state index is -0.986. The average molecular weight is 457 g/mol. The Hall–Kier alpha value is -1.59. The van der Waals surface area contributed by atoms with Gasteiger partial charge in [0.2, 0.25) is 0 Å². The number of carboxylic acid groups (broad SMARTS) is 1. The lowest BCUT2D eigenvalue weighted by atomic mass is 10.0. The van der Waals surface area contributed by atoms with Crippen LogP contribution in [0.3, 0.4) is 0 Å². The largest absolute Gasteiger partial charge is 0.481 e. The van der Waals surface area contributed by atoms with E-state index in [0.29, 0.717) is 19.3 Å². The number of ether oxygens (including phenoxy) is 2. The van der Waals surface area contributed by atoms with Crippen molar-refractivity contribution in [3.8, 4) is 0 Å². The Morgan fingerprint density at radius 2 is 0.969 bits per heavy atom. The SMILES string of the molecule is CCCCCCCCCCCCCCCC(CCCC(CC(=O)O)OC(C)=O)OC(C)=O. The summed E-state index contributed by atoms with van der Waals surface area (Å²) >= 11 is 0. The fourth-order valence-electron chi connectivity index (χ4n) is 4.09. The van der Waals surface area contributed by atoms with Crippen LogP contribution in [0.15, 0.2) is 0 Å². The number of rotatable bonds is 22. The lowest BCUT2D eigenvalue weighted by molar-refractivity contribution is -0.151. The molecule has 0 radical (unpaired) electrons. The first-order valence-corrected chi connectivity index (χ1v) is 12.9. The van der Waals surface area contributed by atoms with Gasteiger partial charge in [0.25, 0.3) is 0 Å². The van der Waals surface area contributed by atoms with Crippen molar-refractivity contribution < 1.29 is 29.0 Å². The normalized spacial score (nSPS) is 12.8. The molecule has 0 fully saturated rings. The Bertz CT molecular complexity index is 475. The van der Waals surface area contributed by atoms with Crippen LogP contribution in [0.4, 0.5) is 0 Å². The number of esters is 2. The topological polar surface area (TPSA) is 89.9 Å². The molecule has 1 N–H and O–H groups in total. The Kier molecular flexibility index (Phi) is 20.2. The lowest BCUT2D eigenvalue weighted by Gasteiger charge is -2.19. The number of carbonyl (C=O) groups excluding carboxylic acids is 2. The molecule has 6 heteroatoms. The second-order valence-electron chi connectivity index (χ2n) is 9.02. The van der Waals surface area contributed by atoms with Gasteiger partial charge in [-0.25, -0.2) is 0 Å². The number of unbranched alkanes of at least 4 members (excludes halogenated alkanes) is 12. The molecule has 32 heavy (non-hydrogen) atoms. The van der Waals surface area contributed by atoms with Gasteiger partial charge in [-0.2, -0.15) is 0 Å². The van der Waals surface area contributed by atoms with Crippen LogP contribution < -0.4 is 0 Å². The van der Waals surface area contributed by atoms with E-state index >= 15 is 0 Å². The van der Waals surface area contributed by atoms with E-state index in [2.05, 4.69) is 6.92 Å². The molecule has 0 aromatic carbocycles. The first kappa shape index (κ1) is 30.4. The zero-order chi connectivity index (χ0) is 24.0. The summed E-state index contributed by atoms with van der Waals surface area (Å²) < 4.78 is 10.5. The summed E-state index contributed by atoms with van der Waals surface area (Å²) in [5, 5.41) is 8.95. The third kappa shape index (κ3) is 21.6. The number of hydrogen-bond acceptors (Lipinski definition) is 5. The molecule has 0 bridgehead atoms. The van der Waals surface area contributed by atoms with Crippen molar-refractivity contribution in [3.05, 3.63) is 0 Å². The summed E-state index contributed by atoms with van der Waals surface area (Å²) in [6, 6.07) is 0. The van der Waals surface area contributed by atoms with Gasteiger partial charge in [0.05, 0.1) is 6.42 Å². The minimum Gasteiger partial charge on any atom is -0.481 e. The third-order valence-corrected chi connectivity index (χ3v) is 5.75. The number of carbonyl (C=O) groups is 3. The lowest BCUT2D eigenvalue weighted by Crippen LogP contribution is -2.22. The monoisotopic (exact) mass is 456 g/mol. The molecular weight excluding hydrogens is 408 g/mol. The highest BCUT2D eigenvalue weighted by Gasteiger charge is 2.18. The molecule has 2 atom stereocenters. The van der Waals surface area contributed by atoms with E-state index in [0.717, 1.165) is 19.3 Å². The minimum absolute atomic E-state index is 0.150. The second-order valence-corrected chi connectivity index (χ2v) is 9.02. The smallest absolute Gasteiger partial charge is 0.307 e. The molecule has 0 amide bonds. The number of hydrogen-bond donors (Lipinski definition) is 1. The van der Waals surface area contributed by atoms with Gasteiger partial charge in [-0.3, -0.25) is 14.4 Å². The third-order valence-electron chi connectivity index (χ3n) is 5.75. The van der Waals surface area contributed by atoms with Crippen LogP contribution in [0.25, 0.3) is 0 Å². The molecule has 0 aliphatic heterocycles. The maximum atomic E-state index is 11.4. The van der Waals surface area contributed by atoms with Crippen molar-refractivity contribution >= 4 is 17.9 Å². The summed E-state index contributed by atoms with van der Waals surface area (Å²) in [5.74, 6) is -1.74. The highest BCUT2D eigenvalue weighted by atomic mass is 16.5.